The van der Waals surface area contributed by atoms with Gasteiger partial charge in [-0.2, -0.15) is 0 Å². The highest BCUT2D eigenvalue weighted by Gasteiger charge is 2.08. The zero-order valence-electron chi connectivity index (χ0n) is 13.6. The van der Waals surface area contributed by atoms with Crippen LogP contribution in [0, 0.1) is 0 Å². The van der Waals surface area contributed by atoms with Gasteiger partial charge >= 0.3 is 5.97 Å². The van der Waals surface area contributed by atoms with E-state index >= 15 is 0 Å². The Hall–Kier alpha value is -3.15. The molecule has 0 aromatic heterocycles. The highest BCUT2D eigenvalue weighted by molar-refractivity contribution is 5.88. The Labute approximate surface area is 139 Å². The molecule has 2 aromatic rings. The predicted octanol–water partition coefficient (Wildman–Crippen LogP) is 3.04. The summed E-state index contributed by atoms with van der Waals surface area (Å²) in [7, 11) is 4.48. The maximum absolute atomic E-state index is 11.9. The Balaban J connectivity index is 2.07. The maximum atomic E-state index is 11.9. The molecule has 0 atom stereocenters. The van der Waals surface area contributed by atoms with E-state index in [0.29, 0.717) is 28.6 Å². The van der Waals surface area contributed by atoms with Crippen LogP contribution in [0.1, 0.15) is 5.56 Å². The van der Waals surface area contributed by atoms with E-state index in [1.807, 2.05) is 0 Å². The number of aromatic hydroxyl groups is 1. The van der Waals surface area contributed by atoms with Crippen LogP contribution in [0.5, 0.6) is 28.7 Å². The SMILES string of the molecule is COc1cc(/C=C/C(=O)Oc2ccc(OC)c(OC)c2)ccc1O. The molecule has 6 nitrogen and oxygen atoms in total. The van der Waals surface area contributed by atoms with E-state index in [0.717, 1.165) is 0 Å². The van der Waals surface area contributed by atoms with Crippen LogP contribution >= 0.6 is 0 Å². The molecule has 2 rings (SSSR count). The zero-order chi connectivity index (χ0) is 17.5. The Morgan fingerprint density at radius 2 is 1.62 bits per heavy atom. The molecule has 0 unspecified atom stereocenters. The maximum Gasteiger partial charge on any atom is 0.336 e. The molecule has 0 aliphatic carbocycles. The fourth-order valence-corrected chi connectivity index (χ4v) is 1.99. The molecule has 0 spiro atoms. The van der Waals surface area contributed by atoms with E-state index in [4.69, 9.17) is 18.9 Å². The van der Waals surface area contributed by atoms with Crippen molar-refractivity contribution in [2.75, 3.05) is 21.3 Å². The third kappa shape index (κ3) is 4.19. The topological polar surface area (TPSA) is 74.2 Å². The number of phenols is 1. The fraction of sp³-hybridized carbons (Fsp3) is 0.167. The zero-order valence-corrected chi connectivity index (χ0v) is 13.6. The van der Waals surface area contributed by atoms with Gasteiger partial charge in [-0.25, -0.2) is 4.79 Å². The summed E-state index contributed by atoms with van der Waals surface area (Å²) < 4.78 is 20.5. The number of hydrogen-bond donors (Lipinski definition) is 1. The molecule has 0 aliphatic heterocycles. The van der Waals surface area contributed by atoms with Crippen molar-refractivity contribution in [1.29, 1.82) is 0 Å². The van der Waals surface area contributed by atoms with Crippen LogP contribution in [-0.2, 0) is 4.79 Å². The van der Waals surface area contributed by atoms with Crippen molar-refractivity contribution < 1.29 is 28.8 Å². The number of carbonyl (C=O) groups excluding carboxylic acids is 1. The van der Waals surface area contributed by atoms with Gasteiger partial charge < -0.3 is 24.1 Å². The summed E-state index contributed by atoms with van der Waals surface area (Å²) in [5.41, 5.74) is 0.689. The summed E-state index contributed by atoms with van der Waals surface area (Å²) >= 11 is 0. The Kier molecular flexibility index (Phi) is 5.68. The Bertz CT molecular complexity index is 751. The van der Waals surface area contributed by atoms with Gasteiger partial charge in [0.2, 0.25) is 0 Å². The van der Waals surface area contributed by atoms with Crippen LogP contribution in [-0.4, -0.2) is 32.4 Å². The number of carbonyl (C=O) groups is 1. The van der Waals surface area contributed by atoms with E-state index < -0.39 is 5.97 Å². The van der Waals surface area contributed by atoms with Crippen molar-refractivity contribution in [1.82, 2.24) is 0 Å². The van der Waals surface area contributed by atoms with E-state index in [1.165, 1.54) is 33.5 Å². The van der Waals surface area contributed by atoms with E-state index in [-0.39, 0.29) is 5.75 Å². The quantitative estimate of drug-likeness (QED) is 0.498. The lowest BCUT2D eigenvalue weighted by molar-refractivity contribution is -0.128. The second kappa shape index (κ2) is 7.92. The van der Waals surface area contributed by atoms with Gasteiger partial charge in [-0.3, -0.25) is 0 Å². The third-order valence-electron chi connectivity index (χ3n) is 3.19. The van der Waals surface area contributed by atoms with Crippen molar-refractivity contribution in [3.05, 3.63) is 48.0 Å². The van der Waals surface area contributed by atoms with Crippen LogP contribution in [0.15, 0.2) is 42.5 Å². The number of benzene rings is 2. The van der Waals surface area contributed by atoms with E-state index in [9.17, 15) is 9.90 Å². The van der Waals surface area contributed by atoms with Gasteiger partial charge in [-0.1, -0.05) is 6.07 Å². The minimum absolute atomic E-state index is 0.0301. The van der Waals surface area contributed by atoms with Crippen LogP contribution in [0.3, 0.4) is 0 Å². The lowest BCUT2D eigenvalue weighted by atomic mass is 10.2. The first-order valence-corrected chi connectivity index (χ1v) is 7.06. The van der Waals surface area contributed by atoms with Gasteiger partial charge in [0.15, 0.2) is 23.0 Å². The first-order valence-electron chi connectivity index (χ1n) is 7.06. The second-order valence-electron chi connectivity index (χ2n) is 4.70. The number of hydrogen-bond acceptors (Lipinski definition) is 6. The molecular formula is C18H18O6. The minimum Gasteiger partial charge on any atom is -0.504 e. The number of phenolic OH excluding ortho intramolecular Hbond substituents is 1. The minimum atomic E-state index is -0.547. The van der Waals surface area contributed by atoms with Gasteiger partial charge in [0, 0.05) is 12.1 Å². The second-order valence-corrected chi connectivity index (χ2v) is 4.70. The van der Waals surface area contributed by atoms with Crippen LogP contribution in [0.2, 0.25) is 0 Å². The molecule has 0 amide bonds. The van der Waals surface area contributed by atoms with Gasteiger partial charge in [0.05, 0.1) is 21.3 Å². The molecule has 0 fully saturated rings. The normalized spacial score (nSPS) is 10.5. The van der Waals surface area contributed by atoms with Crippen molar-refractivity contribution in [3.8, 4) is 28.7 Å². The van der Waals surface area contributed by atoms with E-state index in [1.54, 1.807) is 36.4 Å². The molecular weight excluding hydrogens is 312 g/mol. The molecule has 1 N–H and O–H groups in total. The number of esters is 1. The Morgan fingerprint density at radius 3 is 2.29 bits per heavy atom. The van der Waals surface area contributed by atoms with Crippen LogP contribution in [0.25, 0.3) is 6.08 Å². The molecule has 0 saturated carbocycles. The van der Waals surface area contributed by atoms with E-state index in [2.05, 4.69) is 0 Å². The fourth-order valence-electron chi connectivity index (χ4n) is 1.99. The van der Waals surface area contributed by atoms with Crippen LogP contribution < -0.4 is 18.9 Å². The molecule has 24 heavy (non-hydrogen) atoms. The monoisotopic (exact) mass is 330 g/mol. The van der Waals surface area contributed by atoms with Gasteiger partial charge in [-0.05, 0) is 35.9 Å². The molecule has 0 bridgehead atoms. The van der Waals surface area contributed by atoms with Crippen molar-refractivity contribution in [2.24, 2.45) is 0 Å². The van der Waals surface area contributed by atoms with Gasteiger partial charge in [0.25, 0.3) is 0 Å². The van der Waals surface area contributed by atoms with Gasteiger partial charge in [0.1, 0.15) is 5.75 Å². The Morgan fingerprint density at radius 1 is 0.917 bits per heavy atom. The standard InChI is InChI=1S/C18H18O6/c1-21-15-8-6-13(11-17(15)23-3)24-18(20)9-5-12-4-7-14(19)16(10-12)22-2/h4-11,19H,1-3H3/b9-5+. The summed E-state index contributed by atoms with van der Waals surface area (Å²) in [4.78, 5) is 11.9. The van der Waals surface area contributed by atoms with Crippen LogP contribution in [0.4, 0.5) is 0 Å². The summed E-state index contributed by atoms with van der Waals surface area (Å²) in [6.45, 7) is 0. The van der Waals surface area contributed by atoms with Crippen molar-refractivity contribution in [3.63, 3.8) is 0 Å². The first-order chi connectivity index (χ1) is 11.6. The average Bonchev–Trinajstić information content (AvgIpc) is 2.60. The summed E-state index contributed by atoms with van der Waals surface area (Å²) in [6, 6.07) is 9.56. The molecule has 6 heteroatoms. The highest BCUT2D eigenvalue weighted by atomic mass is 16.5. The number of methoxy groups -OCH3 is 3. The summed E-state index contributed by atoms with van der Waals surface area (Å²) in [6.07, 6.45) is 2.84. The molecule has 0 aliphatic rings. The molecule has 0 saturated heterocycles. The number of rotatable bonds is 6. The van der Waals surface area contributed by atoms with Crippen molar-refractivity contribution >= 4 is 12.0 Å². The van der Waals surface area contributed by atoms with Crippen molar-refractivity contribution in [2.45, 2.75) is 0 Å². The molecule has 0 radical (unpaired) electrons. The number of ether oxygens (including phenoxy) is 4. The average molecular weight is 330 g/mol. The summed E-state index contributed by atoms with van der Waals surface area (Å²) in [5, 5.41) is 9.54. The molecule has 2 aromatic carbocycles. The summed E-state index contributed by atoms with van der Waals surface area (Å²) in [5.74, 6) is 1.16. The first kappa shape index (κ1) is 17.2. The third-order valence-corrected chi connectivity index (χ3v) is 3.19. The smallest absolute Gasteiger partial charge is 0.336 e. The predicted molar refractivity (Wildman–Crippen MR) is 88.9 cm³/mol. The molecule has 0 heterocycles. The lowest BCUT2D eigenvalue weighted by Gasteiger charge is -2.09. The largest absolute Gasteiger partial charge is 0.504 e. The lowest BCUT2D eigenvalue weighted by Crippen LogP contribution is -2.04. The molecule has 126 valence electrons. The highest BCUT2D eigenvalue weighted by Crippen LogP contribution is 2.31. The van der Waals surface area contributed by atoms with Gasteiger partial charge in [-0.15, -0.1) is 0 Å².